The zero-order valence-corrected chi connectivity index (χ0v) is 19.4. The molecule has 0 saturated heterocycles. The van der Waals surface area contributed by atoms with Crippen LogP contribution in [0.2, 0.25) is 0 Å². The number of benzene rings is 3. The third-order valence-corrected chi connectivity index (χ3v) is 6.29. The highest BCUT2D eigenvalue weighted by atomic mass is 32.2. The molecule has 0 heterocycles. The first-order chi connectivity index (χ1) is 16.3. The molecule has 0 unspecified atom stereocenters. The average Bonchev–Trinajstić information content (AvgIpc) is 2.84. The van der Waals surface area contributed by atoms with Gasteiger partial charge in [-0.3, -0.25) is 13.9 Å². The van der Waals surface area contributed by atoms with E-state index in [0.717, 1.165) is 4.31 Å². The Morgan fingerprint density at radius 3 is 2.26 bits per heavy atom. The van der Waals surface area contributed by atoms with Crippen LogP contribution in [0, 0.1) is 0 Å². The van der Waals surface area contributed by atoms with Gasteiger partial charge >= 0.3 is 5.97 Å². The molecule has 3 aromatic carbocycles. The van der Waals surface area contributed by atoms with E-state index in [2.05, 4.69) is 10.5 Å². The number of nitrogens with one attached hydrogen (secondary N) is 1. The number of ether oxygens (including phenoxy) is 2. The summed E-state index contributed by atoms with van der Waals surface area (Å²) in [6.07, 6.45) is 1.38. The molecule has 0 saturated carbocycles. The summed E-state index contributed by atoms with van der Waals surface area (Å²) in [5.41, 5.74) is 3.19. The molecule has 176 valence electrons. The maximum atomic E-state index is 13.4. The van der Waals surface area contributed by atoms with Crippen LogP contribution < -0.4 is 19.2 Å². The first-order valence-electron chi connectivity index (χ1n) is 10.1. The highest BCUT2D eigenvalue weighted by molar-refractivity contribution is 7.92. The van der Waals surface area contributed by atoms with E-state index in [1.54, 1.807) is 66.7 Å². The predicted molar refractivity (Wildman–Crippen MR) is 127 cm³/mol. The van der Waals surface area contributed by atoms with Gasteiger partial charge in [-0.15, -0.1) is 0 Å². The minimum absolute atomic E-state index is 0.0325. The zero-order chi connectivity index (χ0) is 24.6. The molecular weight excluding hydrogens is 458 g/mol. The van der Waals surface area contributed by atoms with Crippen molar-refractivity contribution in [1.29, 1.82) is 0 Å². The Morgan fingerprint density at radius 1 is 0.971 bits per heavy atom. The number of hydrogen-bond donors (Lipinski definition) is 1. The highest BCUT2D eigenvalue weighted by Crippen LogP contribution is 2.32. The van der Waals surface area contributed by atoms with Gasteiger partial charge in [0, 0.05) is 6.92 Å². The zero-order valence-electron chi connectivity index (χ0n) is 18.5. The Balaban J connectivity index is 1.79. The van der Waals surface area contributed by atoms with E-state index >= 15 is 0 Å². The van der Waals surface area contributed by atoms with Crippen molar-refractivity contribution in [3.05, 3.63) is 84.4 Å². The summed E-state index contributed by atoms with van der Waals surface area (Å²) in [5.74, 6) is -0.407. The summed E-state index contributed by atoms with van der Waals surface area (Å²) < 4.78 is 38.0. The lowest BCUT2D eigenvalue weighted by Crippen LogP contribution is -2.39. The van der Waals surface area contributed by atoms with Crippen molar-refractivity contribution in [3.63, 3.8) is 0 Å². The fourth-order valence-corrected chi connectivity index (χ4v) is 4.44. The molecule has 0 radical (unpaired) electrons. The van der Waals surface area contributed by atoms with Crippen molar-refractivity contribution in [2.45, 2.75) is 11.8 Å². The average molecular weight is 482 g/mol. The molecule has 0 fully saturated rings. The number of para-hydroxylation sites is 2. The van der Waals surface area contributed by atoms with E-state index in [1.807, 2.05) is 0 Å². The van der Waals surface area contributed by atoms with Crippen molar-refractivity contribution in [2.75, 3.05) is 18.0 Å². The number of sulfonamides is 1. The number of nitrogens with zero attached hydrogens (tertiary/aromatic N) is 2. The van der Waals surface area contributed by atoms with E-state index in [4.69, 9.17) is 9.47 Å². The van der Waals surface area contributed by atoms with Crippen LogP contribution >= 0.6 is 0 Å². The van der Waals surface area contributed by atoms with Crippen LogP contribution in [0.5, 0.6) is 11.5 Å². The number of methoxy groups -OCH3 is 1. The smallest absolute Gasteiger partial charge is 0.308 e. The van der Waals surface area contributed by atoms with Crippen LogP contribution in [-0.2, 0) is 19.6 Å². The summed E-state index contributed by atoms with van der Waals surface area (Å²) in [6.45, 7) is 0.775. The first-order valence-corrected chi connectivity index (χ1v) is 11.6. The normalized spacial score (nSPS) is 11.1. The lowest BCUT2D eigenvalue weighted by molar-refractivity contribution is -0.131. The van der Waals surface area contributed by atoms with Gasteiger partial charge in [0.2, 0.25) is 0 Å². The Kier molecular flexibility index (Phi) is 7.99. The van der Waals surface area contributed by atoms with Gasteiger partial charge in [-0.2, -0.15) is 5.10 Å². The van der Waals surface area contributed by atoms with Crippen molar-refractivity contribution in [2.24, 2.45) is 5.10 Å². The lowest BCUT2D eigenvalue weighted by Gasteiger charge is -2.25. The Labute approximate surface area is 197 Å². The molecule has 1 amide bonds. The van der Waals surface area contributed by atoms with E-state index < -0.39 is 28.4 Å². The SMILES string of the molecule is COc1ccccc1N(CC(=O)N/N=C\c1ccc(OC(C)=O)cc1)S(=O)(=O)c1ccccc1. The third-order valence-electron chi connectivity index (χ3n) is 4.52. The lowest BCUT2D eigenvalue weighted by atomic mass is 10.2. The summed E-state index contributed by atoms with van der Waals surface area (Å²) in [6, 6.07) is 20.8. The minimum Gasteiger partial charge on any atom is -0.495 e. The number of esters is 1. The van der Waals surface area contributed by atoms with E-state index in [1.165, 1.54) is 32.4 Å². The van der Waals surface area contributed by atoms with E-state index in [9.17, 15) is 18.0 Å². The van der Waals surface area contributed by atoms with Crippen LogP contribution in [0.4, 0.5) is 5.69 Å². The summed E-state index contributed by atoms with van der Waals surface area (Å²) in [4.78, 5) is 23.7. The van der Waals surface area contributed by atoms with Gasteiger partial charge in [0.1, 0.15) is 18.0 Å². The number of anilines is 1. The second-order valence-corrected chi connectivity index (χ2v) is 8.81. The molecule has 3 aromatic rings. The molecule has 0 spiro atoms. The van der Waals surface area contributed by atoms with Gasteiger partial charge in [-0.1, -0.05) is 30.3 Å². The molecule has 9 nitrogen and oxygen atoms in total. The second-order valence-electron chi connectivity index (χ2n) is 6.95. The second kappa shape index (κ2) is 11.1. The van der Waals surface area contributed by atoms with Crippen molar-refractivity contribution in [1.82, 2.24) is 5.43 Å². The molecule has 34 heavy (non-hydrogen) atoms. The third kappa shape index (κ3) is 6.20. The van der Waals surface area contributed by atoms with E-state index in [-0.39, 0.29) is 10.6 Å². The van der Waals surface area contributed by atoms with Crippen molar-refractivity contribution >= 4 is 33.8 Å². The molecule has 0 atom stereocenters. The number of hydrazone groups is 1. The molecule has 0 aliphatic heterocycles. The monoisotopic (exact) mass is 481 g/mol. The number of rotatable bonds is 9. The summed E-state index contributed by atoms with van der Waals surface area (Å²) >= 11 is 0. The quantitative estimate of drug-likeness (QED) is 0.218. The van der Waals surface area contributed by atoms with Crippen molar-refractivity contribution in [3.8, 4) is 11.5 Å². The molecule has 0 bridgehead atoms. The van der Waals surface area contributed by atoms with Crippen LogP contribution in [0.25, 0.3) is 0 Å². The van der Waals surface area contributed by atoms with E-state index in [0.29, 0.717) is 17.1 Å². The molecule has 3 rings (SSSR count). The number of amides is 1. The Bertz CT molecular complexity index is 1280. The van der Waals surface area contributed by atoms with Gasteiger partial charge in [0.05, 0.1) is 23.9 Å². The van der Waals surface area contributed by atoms with Crippen molar-refractivity contribution < 1.29 is 27.5 Å². The standard InChI is InChI=1S/C24H23N3O6S/c1-18(28)33-20-14-12-19(13-15-20)16-25-26-24(29)17-27(22-10-6-7-11-23(22)32-2)34(30,31)21-8-4-3-5-9-21/h3-16H,17H2,1-2H3,(H,26,29)/b25-16-. The van der Waals surface area contributed by atoms with Crippen LogP contribution in [0.1, 0.15) is 12.5 Å². The predicted octanol–water partition coefficient (Wildman–Crippen LogP) is 2.97. The molecule has 0 aromatic heterocycles. The summed E-state index contributed by atoms with van der Waals surface area (Å²) in [5, 5.41) is 3.89. The fourth-order valence-electron chi connectivity index (χ4n) is 2.99. The largest absolute Gasteiger partial charge is 0.495 e. The van der Waals surface area contributed by atoms with Crippen LogP contribution in [-0.4, -0.2) is 40.2 Å². The van der Waals surface area contributed by atoms with Gasteiger partial charge in [0.25, 0.3) is 15.9 Å². The highest BCUT2D eigenvalue weighted by Gasteiger charge is 2.29. The first kappa shape index (κ1) is 24.5. The van der Waals surface area contributed by atoms with Gasteiger partial charge in [0.15, 0.2) is 0 Å². The number of hydrogen-bond acceptors (Lipinski definition) is 7. The van der Waals surface area contributed by atoms with Crippen LogP contribution in [0.3, 0.4) is 0 Å². The molecule has 10 heteroatoms. The molecule has 1 N–H and O–H groups in total. The van der Waals surface area contributed by atoms with Gasteiger partial charge < -0.3 is 9.47 Å². The topological polar surface area (TPSA) is 114 Å². The van der Waals surface area contributed by atoms with Gasteiger partial charge in [-0.25, -0.2) is 13.8 Å². The minimum atomic E-state index is -4.07. The Morgan fingerprint density at radius 2 is 1.62 bits per heavy atom. The fraction of sp³-hybridized carbons (Fsp3) is 0.125. The summed E-state index contributed by atoms with van der Waals surface area (Å²) in [7, 11) is -2.65. The number of carbonyl (C=O) groups excluding carboxylic acids is 2. The number of carbonyl (C=O) groups is 2. The molecular formula is C24H23N3O6S. The maximum absolute atomic E-state index is 13.4. The maximum Gasteiger partial charge on any atom is 0.308 e. The van der Waals surface area contributed by atoms with Gasteiger partial charge in [-0.05, 0) is 54.1 Å². The molecule has 0 aliphatic carbocycles. The molecule has 0 aliphatic rings. The Hall–Kier alpha value is -4.18. The van der Waals surface area contributed by atoms with Crippen LogP contribution in [0.15, 0.2) is 88.9 Å².